The van der Waals surface area contributed by atoms with Crippen molar-refractivity contribution in [3.05, 3.63) is 36.4 Å². The first-order valence-electron chi connectivity index (χ1n) is 8.01. The standard InChI is InChI=1S/C15H24O/c1-2-3-4-5-6-7-8-9-10-11-12-13-14-15-16/h9-15H,2-8H2,1H3/i11D,12D,13D,14D. The lowest BCUT2D eigenvalue weighted by Gasteiger charge is -1.97. The van der Waals surface area contributed by atoms with Crippen LogP contribution in [0.2, 0.25) is 0 Å². The van der Waals surface area contributed by atoms with Crippen molar-refractivity contribution in [1.82, 2.24) is 0 Å². The third-order valence-corrected chi connectivity index (χ3v) is 2.19. The maximum absolute atomic E-state index is 10.3. The Morgan fingerprint density at radius 3 is 2.38 bits per heavy atom. The van der Waals surface area contributed by atoms with E-state index in [1.165, 1.54) is 38.2 Å². The van der Waals surface area contributed by atoms with Gasteiger partial charge in [0, 0.05) is 0 Å². The molecule has 0 aromatic rings. The first kappa shape index (κ1) is 8.98. The molecule has 16 heavy (non-hydrogen) atoms. The van der Waals surface area contributed by atoms with E-state index in [-0.39, 0.29) is 18.4 Å². The molecule has 1 nitrogen and oxygen atoms in total. The maximum Gasteiger partial charge on any atom is 0.142 e. The zero-order valence-electron chi connectivity index (χ0n) is 14.1. The van der Waals surface area contributed by atoms with Gasteiger partial charge in [0.2, 0.25) is 0 Å². The molecule has 0 aromatic heterocycles. The highest BCUT2D eigenvalue weighted by atomic mass is 16.1. The Bertz CT molecular complexity index is 383. The van der Waals surface area contributed by atoms with E-state index in [4.69, 9.17) is 5.48 Å². The molecule has 0 heterocycles. The molecule has 0 aromatic carbocycles. The van der Waals surface area contributed by atoms with Crippen LogP contribution in [0.5, 0.6) is 0 Å². The third-order valence-electron chi connectivity index (χ3n) is 2.19. The van der Waals surface area contributed by atoms with Crippen LogP contribution in [0.4, 0.5) is 0 Å². The minimum absolute atomic E-state index is 0.132. The number of carbonyl (C=O) groups excluding carboxylic acids is 1. The van der Waals surface area contributed by atoms with Crippen molar-refractivity contribution in [3.8, 4) is 0 Å². The van der Waals surface area contributed by atoms with Crippen molar-refractivity contribution in [2.24, 2.45) is 0 Å². The molecule has 0 unspecified atom stereocenters. The number of rotatable bonds is 10. The van der Waals surface area contributed by atoms with Crippen LogP contribution in [0.15, 0.2) is 36.4 Å². The monoisotopic (exact) mass is 224 g/mol. The molecule has 0 spiro atoms. The molecule has 90 valence electrons. The molecule has 0 N–H and O–H groups in total. The highest BCUT2D eigenvalue weighted by molar-refractivity contribution is 5.65. The molecular weight excluding hydrogens is 196 g/mol. The summed E-state index contributed by atoms with van der Waals surface area (Å²) in [5.41, 5.74) is 0. The summed E-state index contributed by atoms with van der Waals surface area (Å²) in [5, 5.41) is 0. The van der Waals surface area contributed by atoms with Crippen molar-refractivity contribution < 1.29 is 10.3 Å². The van der Waals surface area contributed by atoms with Crippen molar-refractivity contribution in [2.45, 2.75) is 51.9 Å². The van der Waals surface area contributed by atoms with Gasteiger partial charge in [0.05, 0.1) is 5.48 Å². The molecule has 0 aliphatic carbocycles. The normalized spacial score (nSPS) is 18.1. The molecule has 1 heteroatoms. The minimum Gasteiger partial charge on any atom is -0.299 e. The van der Waals surface area contributed by atoms with Crippen molar-refractivity contribution in [2.75, 3.05) is 0 Å². The molecule has 0 radical (unpaired) electrons. The number of unbranched alkanes of at least 4 members (excludes halogenated alkanes) is 6. The molecule has 0 atom stereocenters. The summed E-state index contributed by atoms with van der Waals surface area (Å²) in [6.07, 6.45) is 11.6. The molecule has 0 aliphatic rings. The zero-order chi connectivity index (χ0) is 15.4. The van der Waals surface area contributed by atoms with Gasteiger partial charge >= 0.3 is 0 Å². The summed E-state index contributed by atoms with van der Waals surface area (Å²) in [7, 11) is 0. The van der Waals surface area contributed by atoms with Gasteiger partial charge < -0.3 is 0 Å². The van der Waals surface area contributed by atoms with E-state index in [1.54, 1.807) is 0 Å². The Kier molecular flexibility index (Phi) is 7.79. The minimum atomic E-state index is -0.566. The number of carbonyl (C=O) groups is 1. The fourth-order valence-corrected chi connectivity index (χ4v) is 1.33. The van der Waals surface area contributed by atoms with Crippen LogP contribution in [0, 0.1) is 0 Å². The van der Waals surface area contributed by atoms with Gasteiger partial charge in [0.1, 0.15) is 6.29 Å². The lowest BCUT2D eigenvalue weighted by molar-refractivity contribution is -0.104. The number of allylic oxidation sites excluding steroid dienone is 6. The van der Waals surface area contributed by atoms with Crippen LogP contribution in [0.1, 0.15) is 57.4 Å². The van der Waals surface area contributed by atoms with Crippen LogP contribution >= 0.6 is 0 Å². The molecule has 0 fully saturated rings. The van der Waals surface area contributed by atoms with Crippen molar-refractivity contribution >= 4 is 6.29 Å². The Labute approximate surface area is 106 Å². The van der Waals surface area contributed by atoms with Gasteiger partial charge in [-0.25, -0.2) is 0 Å². The fraction of sp³-hybridized carbons (Fsp3) is 0.533. The number of hydrogen-bond acceptors (Lipinski definition) is 1. The highest BCUT2D eigenvalue weighted by Gasteiger charge is 1.87. The lowest BCUT2D eigenvalue weighted by atomic mass is 10.1. The largest absolute Gasteiger partial charge is 0.299 e. The van der Waals surface area contributed by atoms with E-state index < -0.39 is 12.1 Å². The van der Waals surface area contributed by atoms with E-state index in [0.717, 1.165) is 12.8 Å². The van der Waals surface area contributed by atoms with E-state index in [0.29, 0.717) is 0 Å². The van der Waals surface area contributed by atoms with Crippen LogP contribution < -0.4 is 0 Å². The number of aldehydes is 1. The Morgan fingerprint density at radius 2 is 1.62 bits per heavy atom. The zero-order valence-corrected chi connectivity index (χ0v) is 10.1. The molecule has 0 aliphatic heterocycles. The summed E-state index contributed by atoms with van der Waals surface area (Å²) in [6.45, 7) is 2.19. The van der Waals surface area contributed by atoms with Gasteiger partial charge in [0.15, 0.2) is 0 Å². The second-order valence-electron chi connectivity index (χ2n) is 3.62. The maximum atomic E-state index is 10.3. The van der Waals surface area contributed by atoms with Gasteiger partial charge in [-0.05, 0) is 18.9 Å². The van der Waals surface area contributed by atoms with Crippen LogP contribution in [-0.4, -0.2) is 6.29 Å². The van der Waals surface area contributed by atoms with Crippen LogP contribution in [0.3, 0.4) is 0 Å². The topological polar surface area (TPSA) is 17.1 Å². The summed E-state index contributed by atoms with van der Waals surface area (Å²) < 4.78 is 29.7. The predicted molar refractivity (Wildman–Crippen MR) is 71.5 cm³/mol. The quantitative estimate of drug-likeness (QED) is 0.229. The van der Waals surface area contributed by atoms with Gasteiger partial charge in [-0.15, -0.1) is 0 Å². The average molecular weight is 224 g/mol. The van der Waals surface area contributed by atoms with E-state index in [1.807, 2.05) is 6.08 Å². The van der Waals surface area contributed by atoms with Crippen molar-refractivity contribution in [3.63, 3.8) is 0 Å². The van der Waals surface area contributed by atoms with Crippen LogP contribution in [0.25, 0.3) is 0 Å². The molecule has 0 amide bonds. The number of hydrogen-bond donors (Lipinski definition) is 0. The SMILES string of the molecule is [2H]C(C=O)=C([2H])C([2H])=C([2H])C=CCCCCCCCC. The summed E-state index contributed by atoms with van der Waals surface area (Å²) >= 11 is 0. The molecule has 0 rings (SSSR count). The lowest BCUT2D eigenvalue weighted by Crippen LogP contribution is -1.77. The van der Waals surface area contributed by atoms with Gasteiger partial charge in [-0.1, -0.05) is 69.3 Å². The molecular formula is C15H24O. The third kappa shape index (κ3) is 12.9. The fourth-order valence-electron chi connectivity index (χ4n) is 1.33. The average Bonchev–Trinajstić information content (AvgIpc) is 2.47. The Morgan fingerprint density at radius 1 is 0.938 bits per heavy atom. The molecule has 0 saturated heterocycles. The van der Waals surface area contributed by atoms with E-state index in [9.17, 15) is 4.79 Å². The first-order valence-corrected chi connectivity index (χ1v) is 6.01. The van der Waals surface area contributed by atoms with E-state index in [2.05, 4.69) is 6.92 Å². The van der Waals surface area contributed by atoms with Crippen molar-refractivity contribution in [1.29, 1.82) is 0 Å². The Hall–Kier alpha value is -1.11. The van der Waals surface area contributed by atoms with Gasteiger partial charge in [-0.2, -0.15) is 0 Å². The summed E-state index contributed by atoms with van der Waals surface area (Å²) in [6, 6.07) is -1.59. The predicted octanol–water partition coefficient (Wildman–Crippen LogP) is 4.60. The highest BCUT2D eigenvalue weighted by Crippen LogP contribution is 2.06. The van der Waals surface area contributed by atoms with Gasteiger partial charge in [-0.3, -0.25) is 4.79 Å². The second kappa shape index (κ2) is 13.9. The molecule has 0 saturated carbocycles. The first-order chi connectivity index (χ1) is 9.54. The van der Waals surface area contributed by atoms with Gasteiger partial charge in [0.25, 0.3) is 0 Å². The van der Waals surface area contributed by atoms with E-state index >= 15 is 0 Å². The van der Waals surface area contributed by atoms with Crippen LogP contribution in [-0.2, 0) is 4.79 Å². The Balaban J connectivity index is 4.16. The summed E-state index contributed by atoms with van der Waals surface area (Å²) in [4.78, 5) is 10.3. The molecule has 0 bridgehead atoms. The summed E-state index contributed by atoms with van der Waals surface area (Å²) in [5.74, 6) is 0. The second-order valence-corrected chi connectivity index (χ2v) is 3.62. The smallest absolute Gasteiger partial charge is 0.142 e.